The van der Waals surface area contributed by atoms with Crippen LogP contribution in [-0.4, -0.2) is 28.6 Å². The van der Waals surface area contributed by atoms with Gasteiger partial charge >= 0.3 is 5.97 Å². The Morgan fingerprint density at radius 1 is 1.57 bits per heavy atom. The first-order valence-electron chi connectivity index (χ1n) is 6.10. The first-order valence-corrected chi connectivity index (χ1v) is 6.48. The van der Waals surface area contributed by atoms with Gasteiger partial charge in [0.05, 0.1) is 23.9 Å². The molecule has 0 spiro atoms. The average Bonchev–Trinajstić information content (AvgIpc) is 2.85. The summed E-state index contributed by atoms with van der Waals surface area (Å²) in [5, 5.41) is 3.87. The summed E-state index contributed by atoms with van der Waals surface area (Å²) in [6, 6.07) is 1.56. The zero-order valence-corrected chi connectivity index (χ0v) is 11.9. The molecule has 0 atom stereocenters. The number of pyridine rings is 1. The summed E-state index contributed by atoms with van der Waals surface area (Å²) < 4.78 is 11.8. The van der Waals surface area contributed by atoms with Gasteiger partial charge in [0, 0.05) is 23.4 Å². The van der Waals surface area contributed by atoms with E-state index in [4.69, 9.17) is 26.6 Å². The zero-order chi connectivity index (χ0) is 15.2. The highest BCUT2D eigenvalue weighted by Crippen LogP contribution is 2.24. The Morgan fingerprint density at radius 3 is 3.10 bits per heavy atom. The molecule has 2 aromatic heterocycles. The largest absolute Gasteiger partial charge is 0.478 e. The summed E-state index contributed by atoms with van der Waals surface area (Å²) in [4.78, 5) is 18.3. The van der Waals surface area contributed by atoms with Crippen molar-refractivity contribution in [2.75, 3.05) is 13.2 Å². The molecule has 2 heterocycles. The van der Waals surface area contributed by atoms with Crippen LogP contribution in [0.2, 0.25) is 5.02 Å². The molecule has 0 saturated heterocycles. The molecule has 110 valence electrons. The first kappa shape index (κ1) is 15.0. The Bertz CT molecular complexity index is 708. The fraction of sp³-hybridized carbons (Fsp3) is 0.333. The molecule has 2 aromatic rings. The molecular weight excluding hydrogens is 298 g/mol. The van der Waals surface area contributed by atoms with Crippen molar-refractivity contribution < 1.29 is 14.3 Å². The maximum atomic E-state index is 11.3. The summed E-state index contributed by atoms with van der Waals surface area (Å²) in [6.07, 6.45) is 3.31. The summed E-state index contributed by atoms with van der Waals surface area (Å²) in [5.74, 6) is -0.126. The van der Waals surface area contributed by atoms with E-state index in [0.717, 1.165) is 0 Å². The van der Waals surface area contributed by atoms with Crippen LogP contribution in [0.5, 0.6) is 5.75 Å². The lowest BCUT2D eigenvalue weighted by molar-refractivity contribution is -0.145. The number of nitrogens with zero attached hydrogens (tertiary/aromatic N) is 5. The second-order valence-corrected chi connectivity index (χ2v) is 4.40. The van der Waals surface area contributed by atoms with Crippen LogP contribution in [0.4, 0.5) is 0 Å². The summed E-state index contributed by atoms with van der Waals surface area (Å²) in [6.45, 7) is 1.88. The third-order valence-electron chi connectivity index (χ3n) is 2.48. The molecule has 0 saturated carbocycles. The minimum atomic E-state index is -0.475. The molecule has 8 nitrogen and oxygen atoms in total. The Morgan fingerprint density at radius 2 is 2.38 bits per heavy atom. The van der Waals surface area contributed by atoms with Crippen LogP contribution in [0.3, 0.4) is 0 Å². The number of fused-ring (bicyclic) bond motifs is 1. The molecule has 0 aromatic carbocycles. The van der Waals surface area contributed by atoms with Crippen molar-refractivity contribution in [1.29, 1.82) is 0 Å². The molecule has 0 bridgehead atoms. The minimum Gasteiger partial charge on any atom is -0.478 e. The molecule has 0 aliphatic heterocycles. The van der Waals surface area contributed by atoms with Crippen molar-refractivity contribution in [3.8, 4) is 5.75 Å². The van der Waals surface area contributed by atoms with E-state index in [1.54, 1.807) is 29.8 Å². The van der Waals surface area contributed by atoms with Gasteiger partial charge in [-0.25, -0.2) is 9.78 Å². The first-order chi connectivity index (χ1) is 10.1. The van der Waals surface area contributed by atoms with Crippen molar-refractivity contribution in [2.45, 2.75) is 13.5 Å². The fourth-order valence-electron chi connectivity index (χ4n) is 1.71. The summed E-state index contributed by atoms with van der Waals surface area (Å²) >= 11 is 5.99. The molecule has 0 amide bonds. The van der Waals surface area contributed by atoms with Crippen LogP contribution >= 0.6 is 11.6 Å². The number of ether oxygens (including phenoxy) is 2. The second-order valence-electron chi connectivity index (χ2n) is 3.97. The van der Waals surface area contributed by atoms with Crippen molar-refractivity contribution in [3.05, 3.63) is 39.6 Å². The van der Waals surface area contributed by atoms with Crippen LogP contribution in [0.25, 0.3) is 16.1 Å². The highest BCUT2D eigenvalue weighted by molar-refractivity contribution is 6.30. The van der Waals surface area contributed by atoms with Gasteiger partial charge < -0.3 is 13.9 Å². The van der Waals surface area contributed by atoms with Crippen molar-refractivity contribution in [1.82, 2.24) is 9.38 Å². The highest BCUT2D eigenvalue weighted by atomic mass is 35.5. The van der Waals surface area contributed by atoms with Crippen molar-refractivity contribution in [2.24, 2.45) is 5.11 Å². The van der Waals surface area contributed by atoms with E-state index < -0.39 is 5.97 Å². The van der Waals surface area contributed by atoms with Gasteiger partial charge in [-0.1, -0.05) is 16.7 Å². The molecule has 21 heavy (non-hydrogen) atoms. The monoisotopic (exact) mass is 309 g/mol. The Balaban J connectivity index is 2.26. The van der Waals surface area contributed by atoms with Crippen molar-refractivity contribution >= 4 is 23.2 Å². The predicted molar refractivity (Wildman–Crippen MR) is 75.2 cm³/mol. The lowest BCUT2D eigenvalue weighted by Crippen LogP contribution is -2.15. The van der Waals surface area contributed by atoms with Crippen LogP contribution < -0.4 is 4.74 Å². The lowest BCUT2D eigenvalue weighted by atomic mass is 10.4. The average molecular weight is 310 g/mol. The SMILES string of the molecule is CCOC(=O)COc1cc(Cl)cn2cc(CN=[N+]=[N-])nc12. The third-order valence-corrected chi connectivity index (χ3v) is 2.69. The van der Waals surface area contributed by atoms with Gasteiger partial charge in [0.2, 0.25) is 0 Å². The number of imidazole rings is 1. The van der Waals surface area contributed by atoms with Crippen LogP contribution in [0.15, 0.2) is 23.6 Å². The predicted octanol–water partition coefficient (Wildman–Crippen LogP) is 2.74. The number of halogens is 1. The highest BCUT2D eigenvalue weighted by Gasteiger charge is 2.11. The maximum Gasteiger partial charge on any atom is 0.344 e. The third kappa shape index (κ3) is 3.77. The zero-order valence-electron chi connectivity index (χ0n) is 11.2. The summed E-state index contributed by atoms with van der Waals surface area (Å²) in [5.41, 5.74) is 9.37. The van der Waals surface area contributed by atoms with E-state index in [1.807, 2.05) is 0 Å². The minimum absolute atomic E-state index is 0.118. The lowest BCUT2D eigenvalue weighted by Gasteiger charge is -2.07. The molecule has 2 rings (SSSR count). The number of esters is 1. The van der Waals surface area contributed by atoms with Crippen LogP contribution in [0.1, 0.15) is 12.6 Å². The number of rotatable bonds is 6. The normalized spacial score (nSPS) is 10.2. The maximum absolute atomic E-state index is 11.3. The van der Waals surface area contributed by atoms with E-state index in [9.17, 15) is 4.79 Å². The van der Waals surface area contributed by atoms with Crippen LogP contribution in [-0.2, 0) is 16.1 Å². The second kappa shape index (κ2) is 6.83. The van der Waals surface area contributed by atoms with E-state index >= 15 is 0 Å². The number of carbonyl (C=O) groups is 1. The molecule has 9 heteroatoms. The van der Waals surface area contributed by atoms with Gasteiger partial charge in [0.1, 0.15) is 0 Å². The van der Waals surface area contributed by atoms with Gasteiger partial charge in [0.15, 0.2) is 18.0 Å². The van der Waals surface area contributed by atoms with E-state index in [1.165, 1.54) is 0 Å². The van der Waals surface area contributed by atoms with Gasteiger partial charge in [0.25, 0.3) is 0 Å². The Labute approximate surface area is 124 Å². The molecule has 0 radical (unpaired) electrons. The molecular formula is C12H12ClN5O3. The van der Waals surface area contributed by atoms with E-state index in [-0.39, 0.29) is 19.8 Å². The topological polar surface area (TPSA) is 102 Å². The van der Waals surface area contributed by atoms with Crippen molar-refractivity contribution in [3.63, 3.8) is 0 Å². The summed E-state index contributed by atoms with van der Waals surface area (Å²) in [7, 11) is 0. The smallest absolute Gasteiger partial charge is 0.344 e. The number of azide groups is 1. The molecule has 0 N–H and O–H groups in total. The number of hydrogen-bond donors (Lipinski definition) is 0. The number of carbonyl (C=O) groups excluding carboxylic acids is 1. The molecule has 0 aliphatic carbocycles. The van der Waals surface area contributed by atoms with Gasteiger partial charge in [-0.05, 0) is 12.5 Å². The number of aromatic nitrogens is 2. The van der Waals surface area contributed by atoms with E-state index in [0.29, 0.717) is 22.1 Å². The standard InChI is InChI=1S/C12H12ClN5O3/c1-2-20-11(19)7-21-10-3-8(13)5-18-6-9(4-15-17-14)16-12(10)18/h3,5-6H,2,4,7H2,1H3. The van der Waals surface area contributed by atoms with Gasteiger partial charge in [-0.15, -0.1) is 0 Å². The Hall–Kier alpha value is -2.44. The van der Waals surface area contributed by atoms with Crippen LogP contribution in [0, 0.1) is 0 Å². The quantitative estimate of drug-likeness (QED) is 0.354. The van der Waals surface area contributed by atoms with Gasteiger partial charge in [-0.2, -0.15) is 0 Å². The number of hydrogen-bond acceptors (Lipinski definition) is 5. The molecule has 0 aliphatic rings. The van der Waals surface area contributed by atoms with Gasteiger partial charge in [-0.3, -0.25) is 0 Å². The molecule has 0 unspecified atom stereocenters. The Kier molecular flexibility index (Phi) is 4.86. The molecule has 0 fully saturated rings. The fourth-order valence-corrected chi connectivity index (χ4v) is 1.92. The van der Waals surface area contributed by atoms with E-state index in [2.05, 4.69) is 15.0 Å².